The van der Waals surface area contributed by atoms with E-state index in [1.165, 1.54) is 12.8 Å². The molecule has 0 bridgehead atoms. The SMILES string of the molecule is O=C(Nc1cccc(C2CC2)n1)c1cccnc1. The molecule has 1 saturated carbocycles. The molecule has 2 aromatic heterocycles. The Morgan fingerprint density at radius 3 is 2.83 bits per heavy atom. The maximum absolute atomic E-state index is 11.9. The average molecular weight is 239 g/mol. The van der Waals surface area contributed by atoms with Crippen molar-refractivity contribution in [3.05, 3.63) is 54.0 Å². The normalized spacial score (nSPS) is 14.2. The van der Waals surface area contributed by atoms with Crippen LogP contribution in [-0.2, 0) is 0 Å². The fraction of sp³-hybridized carbons (Fsp3) is 0.214. The van der Waals surface area contributed by atoms with Crippen molar-refractivity contribution in [2.24, 2.45) is 0 Å². The van der Waals surface area contributed by atoms with E-state index in [0.717, 1.165) is 5.69 Å². The predicted molar refractivity (Wildman–Crippen MR) is 68.4 cm³/mol. The van der Waals surface area contributed by atoms with Gasteiger partial charge in [0.1, 0.15) is 5.82 Å². The second-order valence-electron chi connectivity index (χ2n) is 4.42. The van der Waals surface area contributed by atoms with Crippen molar-refractivity contribution in [2.75, 3.05) is 5.32 Å². The van der Waals surface area contributed by atoms with E-state index in [4.69, 9.17) is 0 Å². The predicted octanol–water partition coefficient (Wildman–Crippen LogP) is 2.61. The first-order chi connectivity index (χ1) is 8.83. The minimum atomic E-state index is -0.177. The number of hydrogen-bond acceptors (Lipinski definition) is 3. The van der Waals surface area contributed by atoms with E-state index in [0.29, 0.717) is 17.3 Å². The van der Waals surface area contributed by atoms with E-state index in [-0.39, 0.29) is 5.91 Å². The lowest BCUT2D eigenvalue weighted by atomic mass is 10.2. The summed E-state index contributed by atoms with van der Waals surface area (Å²) in [6, 6.07) is 9.22. The van der Waals surface area contributed by atoms with E-state index in [2.05, 4.69) is 15.3 Å². The summed E-state index contributed by atoms with van der Waals surface area (Å²) in [5.74, 6) is 1.01. The van der Waals surface area contributed by atoms with Gasteiger partial charge in [0.15, 0.2) is 0 Å². The lowest BCUT2D eigenvalue weighted by molar-refractivity contribution is 0.102. The quantitative estimate of drug-likeness (QED) is 0.895. The van der Waals surface area contributed by atoms with Crippen molar-refractivity contribution in [2.45, 2.75) is 18.8 Å². The molecular formula is C14H13N3O. The number of rotatable bonds is 3. The fourth-order valence-electron chi connectivity index (χ4n) is 1.81. The number of carbonyl (C=O) groups is 1. The first-order valence-electron chi connectivity index (χ1n) is 6.01. The lowest BCUT2D eigenvalue weighted by Gasteiger charge is -2.05. The van der Waals surface area contributed by atoms with Crippen LogP contribution in [0.2, 0.25) is 0 Å². The maximum Gasteiger partial charge on any atom is 0.258 e. The van der Waals surface area contributed by atoms with Gasteiger partial charge >= 0.3 is 0 Å². The summed E-state index contributed by atoms with van der Waals surface area (Å²) in [5.41, 5.74) is 1.61. The van der Waals surface area contributed by atoms with Gasteiger partial charge in [0.2, 0.25) is 0 Å². The zero-order chi connectivity index (χ0) is 12.4. The zero-order valence-corrected chi connectivity index (χ0v) is 9.84. The summed E-state index contributed by atoms with van der Waals surface area (Å²) >= 11 is 0. The van der Waals surface area contributed by atoms with E-state index >= 15 is 0 Å². The molecule has 4 nitrogen and oxygen atoms in total. The second-order valence-corrected chi connectivity index (χ2v) is 4.42. The number of hydrogen-bond donors (Lipinski definition) is 1. The fourth-order valence-corrected chi connectivity index (χ4v) is 1.81. The average Bonchev–Trinajstić information content (AvgIpc) is 3.24. The molecule has 1 N–H and O–H groups in total. The molecule has 3 rings (SSSR count). The second kappa shape index (κ2) is 4.56. The minimum Gasteiger partial charge on any atom is -0.307 e. The standard InChI is InChI=1S/C14H13N3O/c18-14(11-3-2-8-15-9-11)17-13-5-1-4-12(16-13)10-6-7-10/h1-5,8-10H,6-7H2,(H,16,17,18). The van der Waals surface area contributed by atoms with E-state index in [1.54, 1.807) is 30.6 Å². The smallest absolute Gasteiger partial charge is 0.258 e. The zero-order valence-electron chi connectivity index (χ0n) is 9.84. The Bertz CT molecular complexity index is 564. The van der Waals surface area contributed by atoms with Gasteiger partial charge in [-0.15, -0.1) is 0 Å². The Balaban J connectivity index is 1.76. The first-order valence-corrected chi connectivity index (χ1v) is 6.01. The molecule has 0 atom stereocenters. The molecule has 0 saturated heterocycles. The van der Waals surface area contributed by atoms with Crippen LogP contribution >= 0.6 is 0 Å². The van der Waals surface area contributed by atoms with Gasteiger partial charge in [0.05, 0.1) is 5.56 Å². The Hall–Kier alpha value is -2.23. The highest BCUT2D eigenvalue weighted by Gasteiger charge is 2.25. The topological polar surface area (TPSA) is 54.9 Å². The van der Waals surface area contributed by atoms with Gasteiger partial charge in [0, 0.05) is 24.0 Å². The number of nitrogens with zero attached hydrogens (tertiary/aromatic N) is 2. The van der Waals surface area contributed by atoms with Crippen LogP contribution in [0.3, 0.4) is 0 Å². The van der Waals surface area contributed by atoms with Crippen LogP contribution in [-0.4, -0.2) is 15.9 Å². The number of carbonyl (C=O) groups excluding carboxylic acids is 1. The summed E-state index contributed by atoms with van der Waals surface area (Å²) in [6.45, 7) is 0. The summed E-state index contributed by atoms with van der Waals surface area (Å²) < 4.78 is 0. The molecule has 0 aromatic carbocycles. The van der Waals surface area contributed by atoms with Crippen LogP contribution in [0, 0.1) is 0 Å². The van der Waals surface area contributed by atoms with E-state index < -0.39 is 0 Å². The van der Waals surface area contributed by atoms with E-state index in [1.807, 2.05) is 12.1 Å². The molecule has 0 radical (unpaired) electrons. The highest BCUT2D eigenvalue weighted by molar-refractivity contribution is 6.03. The van der Waals surface area contributed by atoms with Gasteiger partial charge in [0.25, 0.3) is 5.91 Å². The Labute approximate surface area is 105 Å². The molecule has 2 heterocycles. The van der Waals surface area contributed by atoms with Crippen LogP contribution in [0.15, 0.2) is 42.7 Å². The summed E-state index contributed by atoms with van der Waals surface area (Å²) in [4.78, 5) is 20.3. The largest absolute Gasteiger partial charge is 0.307 e. The Morgan fingerprint density at radius 1 is 1.22 bits per heavy atom. The van der Waals surface area contributed by atoms with Crippen molar-refractivity contribution in [1.29, 1.82) is 0 Å². The number of pyridine rings is 2. The summed E-state index contributed by atoms with van der Waals surface area (Å²) in [5, 5.41) is 2.79. The van der Waals surface area contributed by atoms with Gasteiger partial charge < -0.3 is 5.32 Å². The molecule has 1 aliphatic rings. The summed E-state index contributed by atoms with van der Waals surface area (Å²) in [7, 11) is 0. The van der Waals surface area contributed by atoms with Gasteiger partial charge in [-0.1, -0.05) is 6.07 Å². The third-order valence-electron chi connectivity index (χ3n) is 2.93. The van der Waals surface area contributed by atoms with Gasteiger partial charge in [-0.2, -0.15) is 0 Å². The monoisotopic (exact) mass is 239 g/mol. The molecule has 2 aromatic rings. The molecule has 4 heteroatoms. The molecule has 0 unspecified atom stereocenters. The van der Waals surface area contributed by atoms with Crippen molar-refractivity contribution in [3.8, 4) is 0 Å². The number of aromatic nitrogens is 2. The molecule has 0 aliphatic heterocycles. The van der Waals surface area contributed by atoms with Crippen molar-refractivity contribution < 1.29 is 4.79 Å². The van der Waals surface area contributed by atoms with Crippen molar-refractivity contribution in [1.82, 2.24) is 9.97 Å². The van der Waals surface area contributed by atoms with Crippen LogP contribution in [0.4, 0.5) is 5.82 Å². The third kappa shape index (κ3) is 2.37. The number of anilines is 1. The Morgan fingerprint density at radius 2 is 2.11 bits per heavy atom. The molecular weight excluding hydrogens is 226 g/mol. The number of amides is 1. The van der Waals surface area contributed by atoms with Gasteiger partial charge in [-0.25, -0.2) is 4.98 Å². The highest BCUT2D eigenvalue weighted by Crippen LogP contribution is 2.39. The minimum absolute atomic E-state index is 0.177. The molecule has 1 fully saturated rings. The van der Waals surface area contributed by atoms with Gasteiger partial charge in [-0.05, 0) is 37.1 Å². The molecule has 18 heavy (non-hydrogen) atoms. The van der Waals surface area contributed by atoms with Crippen LogP contribution in [0.5, 0.6) is 0 Å². The first kappa shape index (κ1) is 10.9. The molecule has 1 aliphatic carbocycles. The molecule has 1 amide bonds. The maximum atomic E-state index is 11.9. The van der Waals surface area contributed by atoms with Gasteiger partial charge in [-0.3, -0.25) is 9.78 Å². The van der Waals surface area contributed by atoms with Crippen molar-refractivity contribution >= 4 is 11.7 Å². The van der Waals surface area contributed by atoms with Crippen LogP contribution < -0.4 is 5.32 Å². The van der Waals surface area contributed by atoms with E-state index in [9.17, 15) is 4.79 Å². The molecule has 90 valence electrons. The van der Waals surface area contributed by atoms with Crippen molar-refractivity contribution in [3.63, 3.8) is 0 Å². The molecule has 0 spiro atoms. The Kier molecular flexibility index (Phi) is 2.76. The third-order valence-corrected chi connectivity index (χ3v) is 2.93. The lowest BCUT2D eigenvalue weighted by Crippen LogP contribution is -2.13. The van der Waals surface area contributed by atoms with Crippen LogP contribution in [0.1, 0.15) is 34.8 Å². The summed E-state index contributed by atoms with van der Waals surface area (Å²) in [6.07, 6.45) is 5.59. The highest BCUT2D eigenvalue weighted by atomic mass is 16.1. The van der Waals surface area contributed by atoms with Crippen LogP contribution in [0.25, 0.3) is 0 Å². The number of nitrogens with one attached hydrogen (secondary N) is 1.